The van der Waals surface area contributed by atoms with Crippen LogP contribution in [0.5, 0.6) is 0 Å². The van der Waals surface area contributed by atoms with Crippen LogP contribution >= 0.6 is 0 Å². The Hall–Kier alpha value is -3.24. The molecule has 5 rings (SSSR count). The SMILES string of the molecule is CN1C=C2C=C(c3ccc(CC4CNCCO4)cc3-c3ccc(C#N)c(F)c3)C=CC2N1. The molecule has 1 aliphatic carbocycles. The van der Waals surface area contributed by atoms with Crippen molar-refractivity contribution in [3.63, 3.8) is 0 Å². The van der Waals surface area contributed by atoms with Gasteiger partial charge in [-0.2, -0.15) is 5.26 Å². The number of allylic oxidation sites excluding steroid dienone is 2. The van der Waals surface area contributed by atoms with Crippen LogP contribution in [0.1, 0.15) is 16.7 Å². The van der Waals surface area contributed by atoms with E-state index in [0.717, 1.165) is 47.3 Å². The van der Waals surface area contributed by atoms with E-state index in [1.54, 1.807) is 6.07 Å². The minimum absolute atomic E-state index is 0.0537. The quantitative estimate of drug-likeness (QED) is 0.780. The molecule has 2 heterocycles. The Bertz CT molecular complexity index is 1170. The number of benzene rings is 2. The van der Waals surface area contributed by atoms with E-state index < -0.39 is 5.82 Å². The number of hydrogen-bond acceptors (Lipinski definition) is 5. The zero-order valence-electron chi connectivity index (χ0n) is 17.9. The summed E-state index contributed by atoms with van der Waals surface area (Å²) in [4.78, 5) is 0. The Morgan fingerprint density at radius 1 is 1.22 bits per heavy atom. The van der Waals surface area contributed by atoms with E-state index in [1.807, 2.05) is 24.2 Å². The molecule has 0 aromatic heterocycles. The summed E-state index contributed by atoms with van der Waals surface area (Å²) < 4.78 is 20.4. The van der Waals surface area contributed by atoms with Gasteiger partial charge >= 0.3 is 0 Å². The van der Waals surface area contributed by atoms with Crippen LogP contribution in [0.15, 0.2) is 66.4 Å². The summed E-state index contributed by atoms with van der Waals surface area (Å²) in [6, 6.07) is 13.3. The molecule has 162 valence electrons. The average Bonchev–Trinajstić information content (AvgIpc) is 3.19. The molecular weight excluding hydrogens is 403 g/mol. The standard InChI is InChI=1S/C26H25FN4O/c1-31-16-21-12-18(5-7-26(21)30-31)23-6-2-17(10-22-15-29-8-9-32-22)11-24(23)19-3-4-20(14-28)25(27)13-19/h2-7,11-13,16,22,26,29-30H,8-10,15H2,1H3. The molecule has 5 nitrogen and oxygen atoms in total. The number of hydrazine groups is 1. The number of rotatable bonds is 4. The first kappa shape index (κ1) is 20.7. The van der Waals surface area contributed by atoms with Crippen molar-refractivity contribution in [2.75, 3.05) is 26.7 Å². The lowest BCUT2D eigenvalue weighted by Gasteiger charge is -2.24. The fourth-order valence-corrected chi connectivity index (χ4v) is 4.51. The summed E-state index contributed by atoms with van der Waals surface area (Å²) in [5.74, 6) is -0.501. The van der Waals surface area contributed by atoms with Gasteiger partial charge in [-0.1, -0.05) is 36.4 Å². The minimum Gasteiger partial charge on any atom is -0.375 e. The number of hydrogen-bond donors (Lipinski definition) is 2. The van der Waals surface area contributed by atoms with E-state index in [4.69, 9.17) is 10.00 Å². The van der Waals surface area contributed by atoms with Crippen LogP contribution in [0.4, 0.5) is 4.39 Å². The van der Waals surface area contributed by atoms with Gasteiger partial charge < -0.3 is 15.1 Å². The molecule has 32 heavy (non-hydrogen) atoms. The van der Waals surface area contributed by atoms with Crippen LogP contribution in [0.3, 0.4) is 0 Å². The van der Waals surface area contributed by atoms with Crippen molar-refractivity contribution in [2.24, 2.45) is 0 Å². The minimum atomic E-state index is -0.501. The van der Waals surface area contributed by atoms with E-state index >= 15 is 0 Å². The summed E-state index contributed by atoms with van der Waals surface area (Å²) in [5.41, 5.74) is 9.55. The third-order valence-corrected chi connectivity index (χ3v) is 6.10. The first-order valence-corrected chi connectivity index (χ1v) is 10.9. The van der Waals surface area contributed by atoms with Gasteiger partial charge in [0.15, 0.2) is 0 Å². The molecule has 0 spiro atoms. The molecule has 0 radical (unpaired) electrons. The van der Waals surface area contributed by atoms with Gasteiger partial charge in [0.2, 0.25) is 0 Å². The highest BCUT2D eigenvalue weighted by atomic mass is 19.1. The van der Waals surface area contributed by atoms with Gasteiger partial charge in [-0.15, -0.1) is 0 Å². The summed E-state index contributed by atoms with van der Waals surface area (Å²) >= 11 is 0. The van der Waals surface area contributed by atoms with Crippen LogP contribution in [-0.2, 0) is 11.2 Å². The lowest BCUT2D eigenvalue weighted by atomic mass is 9.87. The van der Waals surface area contributed by atoms with Crippen LogP contribution in [0, 0.1) is 17.1 Å². The fourth-order valence-electron chi connectivity index (χ4n) is 4.51. The maximum Gasteiger partial charge on any atom is 0.141 e. The van der Waals surface area contributed by atoms with Crippen molar-refractivity contribution in [3.05, 3.63) is 88.9 Å². The van der Waals surface area contributed by atoms with Gasteiger partial charge in [-0.3, -0.25) is 0 Å². The van der Waals surface area contributed by atoms with Crippen molar-refractivity contribution in [1.82, 2.24) is 15.8 Å². The van der Waals surface area contributed by atoms with Gasteiger partial charge in [0.05, 0.1) is 24.3 Å². The second-order valence-electron chi connectivity index (χ2n) is 8.39. The highest BCUT2D eigenvalue weighted by molar-refractivity contribution is 5.88. The van der Waals surface area contributed by atoms with Gasteiger partial charge in [-0.25, -0.2) is 9.82 Å². The lowest BCUT2D eigenvalue weighted by Crippen LogP contribution is -2.39. The summed E-state index contributed by atoms with van der Waals surface area (Å²) in [6.07, 6.45) is 9.42. The zero-order chi connectivity index (χ0) is 22.1. The number of halogens is 1. The molecule has 1 saturated heterocycles. The smallest absolute Gasteiger partial charge is 0.141 e. The Morgan fingerprint density at radius 3 is 2.91 bits per heavy atom. The Balaban J connectivity index is 1.56. The maximum absolute atomic E-state index is 14.5. The normalized spacial score (nSPS) is 22.2. The van der Waals surface area contributed by atoms with Crippen LogP contribution < -0.4 is 10.7 Å². The monoisotopic (exact) mass is 428 g/mol. The van der Waals surface area contributed by atoms with Crippen LogP contribution in [-0.4, -0.2) is 43.9 Å². The second-order valence-corrected chi connectivity index (χ2v) is 8.39. The van der Waals surface area contributed by atoms with Gasteiger partial charge in [-0.05, 0) is 58.0 Å². The Morgan fingerprint density at radius 2 is 2.12 bits per heavy atom. The molecule has 1 fully saturated rings. The third kappa shape index (κ3) is 4.11. The predicted molar refractivity (Wildman–Crippen MR) is 123 cm³/mol. The molecule has 0 bridgehead atoms. The van der Waals surface area contributed by atoms with E-state index in [9.17, 15) is 4.39 Å². The number of nitriles is 1. The number of fused-ring (bicyclic) bond motifs is 1. The third-order valence-electron chi connectivity index (χ3n) is 6.10. The average molecular weight is 429 g/mol. The van der Waals surface area contributed by atoms with Crippen molar-refractivity contribution < 1.29 is 9.13 Å². The Labute approximate surface area is 187 Å². The summed E-state index contributed by atoms with van der Waals surface area (Å²) in [5, 5.41) is 14.5. The van der Waals surface area contributed by atoms with Crippen LogP contribution in [0.25, 0.3) is 16.7 Å². The number of ether oxygens (including phenoxy) is 1. The number of morpholine rings is 1. The molecule has 2 atom stereocenters. The highest BCUT2D eigenvalue weighted by Crippen LogP contribution is 2.35. The maximum atomic E-state index is 14.5. The van der Waals surface area contributed by atoms with Crippen molar-refractivity contribution in [2.45, 2.75) is 18.6 Å². The number of nitrogens with one attached hydrogen (secondary N) is 2. The van der Waals surface area contributed by atoms with Crippen molar-refractivity contribution in [1.29, 1.82) is 5.26 Å². The summed E-state index contributed by atoms with van der Waals surface area (Å²) in [6.45, 7) is 2.42. The first-order valence-electron chi connectivity index (χ1n) is 10.9. The largest absolute Gasteiger partial charge is 0.375 e. The molecule has 2 aromatic carbocycles. The topological polar surface area (TPSA) is 60.3 Å². The zero-order valence-corrected chi connectivity index (χ0v) is 17.9. The van der Waals surface area contributed by atoms with E-state index in [1.165, 1.54) is 11.6 Å². The van der Waals surface area contributed by atoms with Gasteiger partial charge in [0, 0.05) is 26.3 Å². The fraction of sp³-hybridized carbons (Fsp3) is 0.269. The van der Waals surface area contributed by atoms with Crippen LogP contribution in [0.2, 0.25) is 0 Å². The van der Waals surface area contributed by atoms with Gasteiger partial charge in [0.1, 0.15) is 11.9 Å². The molecule has 2 N–H and O–H groups in total. The molecule has 3 aliphatic rings. The molecule has 6 heteroatoms. The first-order chi connectivity index (χ1) is 15.6. The molecule has 0 saturated carbocycles. The Kier molecular flexibility index (Phi) is 5.62. The molecular formula is C26H25FN4O. The molecule has 2 unspecified atom stereocenters. The molecule has 2 aromatic rings. The highest BCUT2D eigenvalue weighted by Gasteiger charge is 2.23. The van der Waals surface area contributed by atoms with E-state index in [-0.39, 0.29) is 17.7 Å². The molecule has 0 amide bonds. The van der Waals surface area contributed by atoms with Crippen molar-refractivity contribution >= 4 is 5.57 Å². The second kappa shape index (κ2) is 8.71. The predicted octanol–water partition coefficient (Wildman–Crippen LogP) is 3.55. The number of nitrogens with zero attached hydrogens (tertiary/aromatic N) is 2. The molecule has 2 aliphatic heterocycles. The lowest BCUT2D eigenvalue weighted by molar-refractivity contribution is 0.0292. The summed E-state index contributed by atoms with van der Waals surface area (Å²) in [7, 11) is 1.98. The van der Waals surface area contributed by atoms with Gasteiger partial charge in [0.25, 0.3) is 0 Å². The van der Waals surface area contributed by atoms with E-state index in [0.29, 0.717) is 6.61 Å². The van der Waals surface area contributed by atoms with Crippen molar-refractivity contribution in [3.8, 4) is 17.2 Å². The van der Waals surface area contributed by atoms with E-state index in [2.05, 4.69) is 53.4 Å².